The smallest absolute Gasteiger partial charge is 0.243 e. The summed E-state index contributed by atoms with van der Waals surface area (Å²) in [4.78, 5) is 0.249. The Kier molecular flexibility index (Phi) is 4.94. The molecule has 3 N–H and O–H groups in total. The zero-order valence-electron chi connectivity index (χ0n) is 13.1. The molecule has 0 saturated heterocycles. The highest BCUT2D eigenvalue weighted by Gasteiger charge is 2.28. The van der Waals surface area contributed by atoms with Crippen molar-refractivity contribution in [2.24, 2.45) is 5.92 Å². The fourth-order valence-corrected chi connectivity index (χ4v) is 4.90. The van der Waals surface area contributed by atoms with Gasteiger partial charge in [-0.15, -0.1) is 0 Å². The number of hydrogen-bond donors (Lipinski definition) is 2. The molecule has 1 aromatic rings. The maximum Gasteiger partial charge on any atom is 0.243 e. The van der Waals surface area contributed by atoms with E-state index in [-0.39, 0.29) is 10.9 Å². The van der Waals surface area contributed by atoms with E-state index in [2.05, 4.69) is 11.6 Å². The molecule has 4 nitrogen and oxygen atoms in total. The first-order chi connectivity index (χ1) is 9.83. The first-order valence-corrected chi connectivity index (χ1v) is 9.19. The van der Waals surface area contributed by atoms with E-state index in [4.69, 9.17) is 5.73 Å². The molecule has 5 heteroatoms. The summed E-state index contributed by atoms with van der Waals surface area (Å²) in [7, 11) is -3.57. The summed E-state index contributed by atoms with van der Waals surface area (Å²) >= 11 is 0. The van der Waals surface area contributed by atoms with Crippen molar-refractivity contribution in [3.05, 3.63) is 23.3 Å². The topological polar surface area (TPSA) is 72.2 Å². The Balaban J connectivity index is 2.32. The van der Waals surface area contributed by atoms with Crippen LogP contribution in [0.4, 0.5) is 5.69 Å². The largest absolute Gasteiger partial charge is 0.398 e. The summed E-state index contributed by atoms with van der Waals surface area (Å²) in [5.41, 5.74) is 7.94. The highest BCUT2D eigenvalue weighted by molar-refractivity contribution is 7.89. The van der Waals surface area contributed by atoms with Crippen LogP contribution in [-0.4, -0.2) is 14.5 Å². The summed E-state index contributed by atoms with van der Waals surface area (Å²) < 4.78 is 28.4. The molecule has 1 aromatic carbocycles. The third kappa shape index (κ3) is 3.58. The molecule has 0 bridgehead atoms. The van der Waals surface area contributed by atoms with Gasteiger partial charge in [-0.05, 0) is 49.8 Å². The minimum absolute atomic E-state index is 0.0109. The molecule has 0 radical (unpaired) electrons. The van der Waals surface area contributed by atoms with Gasteiger partial charge in [0.25, 0.3) is 0 Å². The number of hydrogen-bond acceptors (Lipinski definition) is 3. The van der Waals surface area contributed by atoms with Crippen LogP contribution in [0.5, 0.6) is 0 Å². The molecule has 0 amide bonds. The monoisotopic (exact) mass is 310 g/mol. The zero-order chi connectivity index (χ0) is 15.6. The summed E-state index contributed by atoms with van der Waals surface area (Å²) in [5.74, 6) is 0.369. The summed E-state index contributed by atoms with van der Waals surface area (Å²) in [5, 5.41) is 0. The lowest BCUT2D eigenvalue weighted by atomic mass is 9.98. The fraction of sp³-hybridized carbons (Fsp3) is 0.625. The summed E-state index contributed by atoms with van der Waals surface area (Å²) in [6, 6.07) is 3.54. The third-order valence-electron chi connectivity index (χ3n) is 4.64. The molecule has 0 aliphatic heterocycles. The molecule has 0 spiro atoms. The number of rotatable bonds is 3. The molecule has 2 rings (SSSR count). The van der Waals surface area contributed by atoms with Gasteiger partial charge in [-0.25, -0.2) is 13.1 Å². The Morgan fingerprint density at radius 3 is 2.52 bits per heavy atom. The molecule has 21 heavy (non-hydrogen) atoms. The minimum atomic E-state index is -3.57. The van der Waals surface area contributed by atoms with Crippen molar-refractivity contribution in [1.82, 2.24) is 4.72 Å². The molecule has 118 valence electrons. The summed E-state index contributed by atoms with van der Waals surface area (Å²) in [6.45, 7) is 5.85. The van der Waals surface area contributed by atoms with Crippen LogP contribution in [0.25, 0.3) is 0 Å². The maximum absolute atomic E-state index is 12.8. The van der Waals surface area contributed by atoms with Gasteiger partial charge in [0.15, 0.2) is 0 Å². The van der Waals surface area contributed by atoms with Crippen molar-refractivity contribution >= 4 is 15.7 Å². The van der Waals surface area contributed by atoms with Crippen molar-refractivity contribution in [3.8, 4) is 0 Å². The van der Waals surface area contributed by atoms with Crippen molar-refractivity contribution in [2.45, 2.75) is 63.8 Å². The van der Waals surface area contributed by atoms with E-state index in [1.807, 2.05) is 19.9 Å². The Bertz CT molecular complexity index is 611. The second-order valence-corrected chi connectivity index (χ2v) is 7.92. The average Bonchev–Trinajstić information content (AvgIpc) is 2.59. The van der Waals surface area contributed by atoms with E-state index < -0.39 is 10.0 Å². The minimum Gasteiger partial charge on any atom is -0.398 e. The number of anilines is 1. The predicted octanol–water partition coefficient (Wildman–Crippen LogP) is 3.13. The Morgan fingerprint density at radius 2 is 1.81 bits per heavy atom. The van der Waals surface area contributed by atoms with Crippen LogP contribution in [0.3, 0.4) is 0 Å². The molecule has 0 aromatic heterocycles. The zero-order valence-corrected chi connectivity index (χ0v) is 14.0. The molecule has 0 heterocycles. The lowest BCUT2D eigenvalue weighted by Gasteiger charge is -2.24. The second kappa shape index (κ2) is 6.36. The van der Waals surface area contributed by atoms with Gasteiger partial charge in [-0.2, -0.15) is 0 Å². The Morgan fingerprint density at radius 1 is 1.14 bits per heavy atom. The lowest BCUT2D eigenvalue weighted by Crippen LogP contribution is -2.39. The van der Waals surface area contributed by atoms with Gasteiger partial charge in [0.05, 0.1) is 5.69 Å². The van der Waals surface area contributed by atoms with E-state index in [1.54, 1.807) is 6.07 Å². The van der Waals surface area contributed by atoms with Crippen LogP contribution < -0.4 is 10.5 Å². The fourth-order valence-electron chi connectivity index (χ4n) is 3.09. The van der Waals surface area contributed by atoms with Crippen LogP contribution in [0, 0.1) is 19.8 Å². The number of sulfonamides is 1. The third-order valence-corrected chi connectivity index (χ3v) is 6.34. The number of benzene rings is 1. The Hall–Kier alpha value is -1.07. The van der Waals surface area contributed by atoms with Gasteiger partial charge in [-0.3, -0.25) is 0 Å². The van der Waals surface area contributed by atoms with Crippen molar-refractivity contribution in [3.63, 3.8) is 0 Å². The number of aryl methyl sites for hydroxylation is 1. The van der Waals surface area contributed by atoms with Gasteiger partial charge < -0.3 is 5.73 Å². The molecule has 2 unspecified atom stereocenters. The van der Waals surface area contributed by atoms with Gasteiger partial charge >= 0.3 is 0 Å². The van der Waals surface area contributed by atoms with Crippen LogP contribution in [0.2, 0.25) is 0 Å². The number of nitrogens with one attached hydrogen (secondary N) is 1. The lowest BCUT2D eigenvalue weighted by molar-refractivity contribution is 0.399. The predicted molar refractivity (Wildman–Crippen MR) is 86.7 cm³/mol. The summed E-state index contributed by atoms with van der Waals surface area (Å²) in [6.07, 6.45) is 5.44. The normalized spacial score (nSPS) is 23.8. The quantitative estimate of drug-likeness (QED) is 0.665. The van der Waals surface area contributed by atoms with E-state index >= 15 is 0 Å². The highest BCUT2D eigenvalue weighted by Crippen LogP contribution is 2.28. The van der Waals surface area contributed by atoms with Crippen molar-refractivity contribution in [2.75, 3.05) is 5.73 Å². The first-order valence-electron chi connectivity index (χ1n) is 7.71. The molecule has 2 atom stereocenters. The van der Waals surface area contributed by atoms with Gasteiger partial charge in [0, 0.05) is 6.04 Å². The van der Waals surface area contributed by atoms with E-state index in [0.29, 0.717) is 11.6 Å². The number of nitrogens with two attached hydrogens (primary N) is 1. The van der Waals surface area contributed by atoms with Crippen LogP contribution >= 0.6 is 0 Å². The molecule has 1 aliphatic carbocycles. The van der Waals surface area contributed by atoms with Gasteiger partial charge in [0.1, 0.15) is 4.90 Å². The molecule has 1 fully saturated rings. The second-order valence-electron chi connectivity index (χ2n) is 6.27. The molecular weight excluding hydrogens is 284 g/mol. The van der Waals surface area contributed by atoms with Crippen LogP contribution in [0.1, 0.15) is 50.2 Å². The van der Waals surface area contributed by atoms with Gasteiger partial charge in [0.2, 0.25) is 10.0 Å². The maximum atomic E-state index is 12.8. The highest BCUT2D eigenvalue weighted by atomic mass is 32.2. The van der Waals surface area contributed by atoms with Crippen LogP contribution in [0.15, 0.2) is 17.0 Å². The SMILES string of the molecule is Cc1ccc(N)c(S(=O)(=O)NC2CCCCCC2C)c1C. The Labute approximate surface area is 128 Å². The van der Waals surface area contributed by atoms with Crippen molar-refractivity contribution in [1.29, 1.82) is 0 Å². The van der Waals surface area contributed by atoms with E-state index in [9.17, 15) is 8.42 Å². The first kappa shape index (κ1) is 16.3. The number of nitrogen functional groups attached to an aromatic ring is 1. The standard InChI is InChI=1S/C16H26N2O2S/c1-11-9-10-14(17)16(13(11)3)21(19,20)18-15-8-6-4-5-7-12(15)2/h9-10,12,15,18H,4-8,17H2,1-3H3. The van der Waals surface area contributed by atoms with Gasteiger partial charge in [-0.1, -0.05) is 32.3 Å². The van der Waals surface area contributed by atoms with Crippen molar-refractivity contribution < 1.29 is 8.42 Å². The molecule has 1 aliphatic rings. The average molecular weight is 310 g/mol. The van der Waals surface area contributed by atoms with Crippen LogP contribution in [-0.2, 0) is 10.0 Å². The molecule has 1 saturated carbocycles. The van der Waals surface area contributed by atoms with E-state index in [1.165, 1.54) is 12.8 Å². The molecular formula is C16H26N2O2S. The van der Waals surface area contributed by atoms with E-state index in [0.717, 1.165) is 30.4 Å².